The lowest BCUT2D eigenvalue weighted by molar-refractivity contribution is -0.123. The Morgan fingerprint density at radius 3 is 2.67 bits per heavy atom. The van der Waals surface area contributed by atoms with Gasteiger partial charge in [0.2, 0.25) is 5.91 Å². The van der Waals surface area contributed by atoms with Gasteiger partial charge in [0.25, 0.3) is 5.91 Å². The number of benzene rings is 2. The third kappa shape index (κ3) is 5.08. The van der Waals surface area contributed by atoms with Gasteiger partial charge in [-0.3, -0.25) is 14.5 Å². The molecule has 0 bridgehead atoms. The number of anilines is 1. The Bertz CT molecular complexity index is 839. The maximum atomic E-state index is 12.3. The van der Waals surface area contributed by atoms with Crippen LogP contribution in [0, 0.1) is 5.92 Å². The molecule has 1 aliphatic heterocycles. The van der Waals surface area contributed by atoms with E-state index < -0.39 is 0 Å². The molecule has 1 fully saturated rings. The number of aromatic hydroxyl groups is 1. The molecule has 0 aromatic heterocycles. The van der Waals surface area contributed by atoms with Gasteiger partial charge < -0.3 is 16.2 Å². The number of hydrogen-bond acceptors (Lipinski definition) is 4. The van der Waals surface area contributed by atoms with Crippen LogP contribution in [0.2, 0.25) is 0 Å². The first-order chi connectivity index (χ1) is 12.9. The molecule has 1 atom stereocenters. The summed E-state index contributed by atoms with van der Waals surface area (Å²) in [6.45, 7) is 2.38. The molecule has 0 radical (unpaired) electrons. The van der Waals surface area contributed by atoms with Gasteiger partial charge in [0, 0.05) is 23.2 Å². The zero-order valence-corrected chi connectivity index (χ0v) is 16.4. The molecule has 1 heterocycles. The maximum Gasteiger partial charge on any atom is 0.259 e. The van der Waals surface area contributed by atoms with E-state index in [1.807, 2.05) is 24.3 Å². The highest BCUT2D eigenvalue weighted by Gasteiger charge is 2.23. The number of likely N-dealkylation sites (tertiary alicyclic amines) is 1. The van der Waals surface area contributed by atoms with E-state index in [1.165, 1.54) is 6.07 Å². The van der Waals surface area contributed by atoms with E-state index in [4.69, 9.17) is 5.73 Å². The molecule has 1 unspecified atom stereocenters. The number of carbonyl (C=O) groups excluding carboxylic acids is 2. The zero-order chi connectivity index (χ0) is 19.4. The number of halogens is 1. The van der Waals surface area contributed by atoms with Crippen molar-refractivity contribution in [2.24, 2.45) is 11.7 Å². The third-order valence-electron chi connectivity index (χ3n) is 4.73. The average molecular weight is 432 g/mol. The Labute approximate surface area is 166 Å². The van der Waals surface area contributed by atoms with Crippen molar-refractivity contribution in [1.29, 1.82) is 0 Å². The van der Waals surface area contributed by atoms with Crippen molar-refractivity contribution in [3.8, 4) is 5.75 Å². The van der Waals surface area contributed by atoms with Crippen LogP contribution >= 0.6 is 15.9 Å². The summed E-state index contributed by atoms with van der Waals surface area (Å²) < 4.78 is 0.719. The molecule has 1 aliphatic rings. The van der Waals surface area contributed by atoms with Crippen molar-refractivity contribution < 1.29 is 14.7 Å². The standard InChI is InChI=1S/C20H22BrN3O3/c21-15-5-8-18(25)17(10-15)20(27)23-16-6-3-13(4-7-16)11-24-9-1-2-14(12-24)19(22)26/h3-8,10,14,25H,1-2,9,11-12H2,(H2,22,26)(H,23,27). The number of phenols is 1. The van der Waals surface area contributed by atoms with Crippen molar-refractivity contribution >= 4 is 33.4 Å². The van der Waals surface area contributed by atoms with Gasteiger partial charge in [-0.1, -0.05) is 28.1 Å². The van der Waals surface area contributed by atoms with Crippen molar-refractivity contribution in [1.82, 2.24) is 4.90 Å². The third-order valence-corrected chi connectivity index (χ3v) is 5.22. The molecule has 7 heteroatoms. The van der Waals surface area contributed by atoms with Gasteiger partial charge in [-0.05, 0) is 55.3 Å². The predicted octanol–water partition coefficient (Wildman–Crippen LogP) is 3.10. The highest BCUT2D eigenvalue weighted by atomic mass is 79.9. The fourth-order valence-electron chi connectivity index (χ4n) is 3.27. The molecule has 142 valence electrons. The van der Waals surface area contributed by atoms with Crippen LogP contribution < -0.4 is 11.1 Å². The number of amides is 2. The molecule has 2 aromatic rings. The number of hydrogen-bond donors (Lipinski definition) is 3. The minimum Gasteiger partial charge on any atom is -0.507 e. The Morgan fingerprint density at radius 2 is 1.96 bits per heavy atom. The zero-order valence-electron chi connectivity index (χ0n) is 14.8. The summed E-state index contributed by atoms with van der Waals surface area (Å²) in [5.74, 6) is -0.743. The van der Waals surface area contributed by atoms with Crippen LogP contribution in [0.5, 0.6) is 5.75 Å². The second-order valence-corrected chi connectivity index (χ2v) is 7.70. The number of nitrogens with zero attached hydrogens (tertiary/aromatic N) is 1. The first-order valence-corrected chi connectivity index (χ1v) is 9.62. The Morgan fingerprint density at radius 1 is 1.22 bits per heavy atom. The van der Waals surface area contributed by atoms with Gasteiger partial charge in [-0.25, -0.2) is 0 Å². The Balaban J connectivity index is 1.61. The largest absolute Gasteiger partial charge is 0.507 e. The normalized spacial score (nSPS) is 17.4. The Hall–Kier alpha value is -2.38. The molecule has 1 saturated heterocycles. The van der Waals surface area contributed by atoms with Crippen molar-refractivity contribution in [2.45, 2.75) is 19.4 Å². The number of nitrogens with one attached hydrogen (secondary N) is 1. The van der Waals surface area contributed by atoms with Gasteiger partial charge >= 0.3 is 0 Å². The first kappa shape index (κ1) is 19.4. The van der Waals surface area contributed by atoms with Crippen LogP contribution in [-0.4, -0.2) is 34.9 Å². The van der Waals surface area contributed by atoms with E-state index >= 15 is 0 Å². The number of nitrogens with two attached hydrogens (primary N) is 1. The van der Waals surface area contributed by atoms with Gasteiger partial charge in [-0.15, -0.1) is 0 Å². The fourth-order valence-corrected chi connectivity index (χ4v) is 3.63. The molecule has 27 heavy (non-hydrogen) atoms. The van der Waals surface area contributed by atoms with Crippen LogP contribution in [0.4, 0.5) is 5.69 Å². The average Bonchev–Trinajstić information content (AvgIpc) is 2.65. The van der Waals surface area contributed by atoms with Gasteiger partial charge in [0.15, 0.2) is 0 Å². The van der Waals surface area contributed by atoms with Crippen LogP contribution in [0.1, 0.15) is 28.8 Å². The topological polar surface area (TPSA) is 95.7 Å². The van der Waals surface area contributed by atoms with Crippen molar-refractivity contribution in [3.05, 3.63) is 58.1 Å². The summed E-state index contributed by atoms with van der Waals surface area (Å²) >= 11 is 3.30. The molecule has 0 aliphatic carbocycles. The number of primary amides is 1. The van der Waals surface area contributed by atoms with E-state index in [2.05, 4.69) is 26.1 Å². The monoisotopic (exact) mass is 431 g/mol. The molecule has 0 spiro atoms. The van der Waals surface area contributed by atoms with E-state index in [9.17, 15) is 14.7 Å². The van der Waals surface area contributed by atoms with E-state index in [1.54, 1.807) is 12.1 Å². The smallest absolute Gasteiger partial charge is 0.259 e. The maximum absolute atomic E-state index is 12.3. The first-order valence-electron chi connectivity index (χ1n) is 8.83. The predicted molar refractivity (Wildman–Crippen MR) is 107 cm³/mol. The van der Waals surface area contributed by atoms with Crippen LogP contribution in [0.3, 0.4) is 0 Å². The molecule has 2 aromatic carbocycles. The van der Waals surface area contributed by atoms with Crippen LogP contribution in [-0.2, 0) is 11.3 Å². The van der Waals surface area contributed by atoms with E-state index in [0.29, 0.717) is 12.2 Å². The number of piperidine rings is 1. The highest BCUT2D eigenvalue weighted by Crippen LogP contribution is 2.23. The van der Waals surface area contributed by atoms with E-state index in [-0.39, 0.29) is 29.0 Å². The SMILES string of the molecule is NC(=O)C1CCCN(Cc2ccc(NC(=O)c3cc(Br)ccc3O)cc2)C1. The lowest BCUT2D eigenvalue weighted by Crippen LogP contribution is -2.40. The molecule has 0 saturated carbocycles. The summed E-state index contributed by atoms with van der Waals surface area (Å²) in [6, 6.07) is 12.3. The minimum absolute atomic E-state index is 0.0681. The molecule has 6 nitrogen and oxygen atoms in total. The lowest BCUT2D eigenvalue weighted by atomic mass is 9.97. The highest BCUT2D eigenvalue weighted by molar-refractivity contribution is 9.10. The van der Waals surface area contributed by atoms with Gasteiger partial charge in [0.05, 0.1) is 11.5 Å². The van der Waals surface area contributed by atoms with Crippen molar-refractivity contribution in [2.75, 3.05) is 18.4 Å². The van der Waals surface area contributed by atoms with E-state index in [0.717, 1.165) is 36.0 Å². The number of phenolic OH excluding ortho intramolecular Hbond substituents is 1. The number of carbonyl (C=O) groups is 2. The molecular formula is C20H22BrN3O3. The second-order valence-electron chi connectivity index (χ2n) is 6.79. The summed E-state index contributed by atoms with van der Waals surface area (Å²) in [7, 11) is 0. The molecule has 4 N–H and O–H groups in total. The van der Waals surface area contributed by atoms with Crippen LogP contribution in [0.25, 0.3) is 0 Å². The summed E-state index contributed by atoms with van der Waals surface area (Å²) in [5.41, 5.74) is 7.39. The van der Waals surface area contributed by atoms with Crippen LogP contribution in [0.15, 0.2) is 46.9 Å². The minimum atomic E-state index is -0.373. The molecular weight excluding hydrogens is 410 g/mol. The second kappa shape index (κ2) is 8.54. The van der Waals surface area contributed by atoms with Gasteiger partial charge in [0.1, 0.15) is 5.75 Å². The summed E-state index contributed by atoms with van der Waals surface area (Å²) in [6.07, 6.45) is 1.83. The van der Waals surface area contributed by atoms with Crippen molar-refractivity contribution in [3.63, 3.8) is 0 Å². The summed E-state index contributed by atoms with van der Waals surface area (Å²) in [4.78, 5) is 26.0. The molecule has 3 rings (SSSR count). The quantitative estimate of drug-likeness (QED) is 0.677. The lowest BCUT2D eigenvalue weighted by Gasteiger charge is -2.31. The number of rotatable bonds is 5. The Kier molecular flexibility index (Phi) is 6.13. The fraction of sp³-hybridized carbons (Fsp3) is 0.300. The van der Waals surface area contributed by atoms with Gasteiger partial charge in [-0.2, -0.15) is 0 Å². The molecule has 2 amide bonds. The summed E-state index contributed by atoms with van der Waals surface area (Å²) in [5, 5.41) is 12.6.